The summed E-state index contributed by atoms with van der Waals surface area (Å²) in [6.07, 6.45) is 3.43. The molecule has 1 heterocycles. The van der Waals surface area contributed by atoms with Crippen LogP contribution in [0.5, 0.6) is 5.75 Å². The van der Waals surface area contributed by atoms with Gasteiger partial charge in [0, 0.05) is 6.20 Å². The fraction of sp³-hybridized carbons (Fsp3) is 0.154. The van der Waals surface area contributed by atoms with E-state index >= 15 is 0 Å². The van der Waals surface area contributed by atoms with Gasteiger partial charge in [-0.2, -0.15) is 0 Å². The van der Waals surface area contributed by atoms with Gasteiger partial charge in [0.15, 0.2) is 0 Å². The molecule has 0 spiro atoms. The van der Waals surface area contributed by atoms with Crippen molar-refractivity contribution in [2.75, 3.05) is 7.11 Å². The Labute approximate surface area is 119 Å². The Morgan fingerprint density at radius 3 is 2.33 bits per heavy atom. The van der Waals surface area contributed by atoms with Gasteiger partial charge in [0.1, 0.15) is 5.75 Å². The summed E-state index contributed by atoms with van der Waals surface area (Å²) in [6.45, 7) is 0. The Morgan fingerprint density at radius 1 is 1.06 bits per heavy atom. The molecule has 0 aliphatic rings. The second-order valence-corrected chi connectivity index (χ2v) is 3.55. The molecule has 0 bridgehead atoms. The van der Waals surface area contributed by atoms with Crippen molar-refractivity contribution in [3.8, 4) is 5.75 Å². The van der Waals surface area contributed by atoms with Crippen LogP contribution < -0.4 is 10.5 Å². The van der Waals surface area contributed by atoms with Crippen molar-refractivity contribution in [3.05, 3.63) is 59.9 Å². The van der Waals surface area contributed by atoms with Crippen molar-refractivity contribution < 1.29 is 4.74 Å². The number of aromatic nitrogens is 1. The summed E-state index contributed by atoms with van der Waals surface area (Å²) in [7, 11) is 1.62. The Morgan fingerprint density at radius 2 is 1.72 bits per heavy atom. The number of nitrogens with two attached hydrogens (primary N) is 1. The van der Waals surface area contributed by atoms with Crippen molar-refractivity contribution in [2.24, 2.45) is 5.73 Å². The zero-order chi connectivity index (χ0) is 11.4. The lowest BCUT2D eigenvalue weighted by molar-refractivity contribution is 0.412. The zero-order valence-electron chi connectivity index (χ0n) is 9.95. The second kappa shape index (κ2) is 7.93. The highest BCUT2D eigenvalue weighted by atomic mass is 35.5. The number of hydrogen-bond donors (Lipinski definition) is 1. The first-order valence-electron chi connectivity index (χ1n) is 5.10. The van der Waals surface area contributed by atoms with Crippen molar-refractivity contribution in [1.29, 1.82) is 0 Å². The largest absolute Gasteiger partial charge is 0.495 e. The predicted molar refractivity (Wildman–Crippen MR) is 77.8 cm³/mol. The van der Waals surface area contributed by atoms with Crippen molar-refractivity contribution in [1.82, 2.24) is 4.98 Å². The summed E-state index contributed by atoms with van der Waals surface area (Å²) in [5, 5.41) is 0. The van der Waals surface area contributed by atoms with Gasteiger partial charge in [0.05, 0.1) is 19.3 Å². The normalized spacial score (nSPS) is 10.8. The molecule has 98 valence electrons. The van der Waals surface area contributed by atoms with Crippen molar-refractivity contribution in [2.45, 2.75) is 6.04 Å². The van der Waals surface area contributed by atoms with Crippen LogP contribution in [0.25, 0.3) is 0 Å². The summed E-state index contributed by atoms with van der Waals surface area (Å²) in [5.74, 6) is 0.726. The maximum atomic E-state index is 6.14. The molecule has 1 atom stereocenters. The van der Waals surface area contributed by atoms with Gasteiger partial charge in [-0.15, -0.1) is 24.8 Å². The fourth-order valence-corrected chi connectivity index (χ4v) is 1.57. The van der Waals surface area contributed by atoms with Crippen LogP contribution in [0.15, 0.2) is 48.8 Å². The number of ether oxygens (including phenoxy) is 1. The number of methoxy groups -OCH3 is 1. The molecule has 0 radical (unpaired) electrons. The Bertz CT molecular complexity index is 466. The highest BCUT2D eigenvalue weighted by Gasteiger charge is 2.09. The van der Waals surface area contributed by atoms with Crippen LogP contribution in [0.4, 0.5) is 0 Å². The number of halogens is 2. The molecule has 2 N–H and O–H groups in total. The van der Waals surface area contributed by atoms with E-state index in [2.05, 4.69) is 4.98 Å². The lowest BCUT2D eigenvalue weighted by Crippen LogP contribution is -2.12. The molecule has 2 rings (SSSR count). The van der Waals surface area contributed by atoms with Crippen LogP contribution in [0, 0.1) is 0 Å². The van der Waals surface area contributed by atoms with Crippen molar-refractivity contribution >= 4 is 24.8 Å². The molecule has 0 saturated heterocycles. The Kier molecular flexibility index (Phi) is 7.36. The molecule has 5 heteroatoms. The molecule has 1 aromatic carbocycles. The third-order valence-corrected chi connectivity index (χ3v) is 2.49. The summed E-state index contributed by atoms with van der Waals surface area (Å²) < 4.78 is 5.12. The van der Waals surface area contributed by atoms with E-state index in [4.69, 9.17) is 10.5 Å². The number of nitrogens with zero attached hydrogens (tertiary/aromatic N) is 1. The predicted octanol–water partition coefficient (Wildman–Crippen LogP) is 2.98. The molecule has 0 saturated carbocycles. The SMILES string of the molecule is COc1cncc(C(N)c2ccccc2)c1.Cl.Cl. The highest BCUT2D eigenvalue weighted by Crippen LogP contribution is 2.21. The number of pyridine rings is 1. The molecule has 0 aliphatic carbocycles. The van der Waals surface area contributed by atoms with Gasteiger partial charge in [0.2, 0.25) is 0 Å². The summed E-state index contributed by atoms with van der Waals surface area (Å²) in [6, 6.07) is 11.7. The van der Waals surface area contributed by atoms with Crippen LogP contribution in [0.1, 0.15) is 17.2 Å². The quantitative estimate of drug-likeness (QED) is 0.944. The third-order valence-electron chi connectivity index (χ3n) is 2.49. The van der Waals surface area contributed by atoms with Gasteiger partial charge in [-0.3, -0.25) is 4.98 Å². The van der Waals surface area contributed by atoms with Gasteiger partial charge in [-0.05, 0) is 17.2 Å². The van der Waals surface area contributed by atoms with Gasteiger partial charge >= 0.3 is 0 Å². The van der Waals surface area contributed by atoms with E-state index in [0.29, 0.717) is 0 Å². The summed E-state index contributed by atoms with van der Waals surface area (Å²) in [4.78, 5) is 4.10. The van der Waals surface area contributed by atoms with E-state index in [-0.39, 0.29) is 30.9 Å². The smallest absolute Gasteiger partial charge is 0.137 e. The number of benzene rings is 1. The lowest BCUT2D eigenvalue weighted by atomic mass is 10.0. The maximum absolute atomic E-state index is 6.14. The molecular formula is C13H16Cl2N2O. The van der Waals surface area contributed by atoms with Crippen LogP contribution in [0.3, 0.4) is 0 Å². The molecule has 1 aromatic heterocycles. The fourth-order valence-electron chi connectivity index (χ4n) is 1.57. The number of rotatable bonds is 3. The van der Waals surface area contributed by atoms with E-state index < -0.39 is 0 Å². The minimum atomic E-state index is -0.163. The average Bonchev–Trinajstić information content (AvgIpc) is 2.39. The van der Waals surface area contributed by atoms with E-state index in [1.807, 2.05) is 36.4 Å². The third kappa shape index (κ3) is 3.88. The van der Waals surface area contributed by atoms with Gasteiger partial charge in [0.25, 0.3) is 0 Å². The van der Waals surface area contributed by atoms with E-state index in [9.17, 15) is 0 Å². The monoisotopic (exact) mass is 286 g/mol. The van der Waals surface area contributed by atoms with Crippen molar-refractivity contribution in [3.63, 3.8) is 0 Å². The molecular weight excluding hydrogens is 271 g/mol. The first kappa shape index (κ1) is 16.7. The summed E-state index contributed by atoms with van der Waals surface area (Å²) in [5.41, 5.74) is 8.16. The average molecular weight is 287 g/mol. The lowest BCUT2D eigenvalue weighted by Gasteiger charge is -2.12. The van der Waals surface area contributed by atoms with Crippen LogP contribution in [-0.2, 0) is 0 Å². The number of hydrogen-bond acceptors (Lipinski definition) is 3. The maximum Gasteiger partial charge on any atom is 0.137 e. The standard InChI is InChI=1S/C13H14N2O.2ClH/c1-16-12-7-11(8-15-9-12)13(14)10-5-3-2-4-6-10;;/h2-9,13H,14H2,1H3;2*1H. The van der Waals surface area contributed by atoms with Crippen LogP contribution >= 0.6 is 24.8 Å². The Hall–Kier alpha value is -1.29. The topological polar surface area (TPSA) is 48.1 Å². The van der Waals surface area contributed by atoms with Gasteiger partial charge < -0.3 is 10.5 Å². The van der Waals surface area contributed by atoms with E-state index in [1.165, 1.54) is 0 Å². The minimum absolute atomic E-state index is 0. The molecule has 1 unspecified atom stereocenters. The second-order valence-electron chi connectivity index (χ2n) is 3.55. The molecule has 18 heavy (non-hydrogen) atoms. The van der Waals surface area contributed by atoms with Crippen LogP contribution in [0.2, 0.25) is 0 Å². The first-order chi connectivity index (χ1) is 7.81. The molecule has 3 nitrogen and oxygen atoms in total. The summed E-state index contributed by atoms with van der Waals surface area (Å²) >= 11 is 0. The van der Waals surface area contributed by atoms with E-state index in [1.54, 1.807) is 19.5 Å². The zero-order valence-corrected chi connectivity index (χ0v) is 11.6. The minimum Gasteiger partial charge on any atom is -0.495 e. The van der Waals surface area contributed by atoms with Gasteiger partial charge in [-0.25, -0.2) is 0 Å². The molecule has 2 aromatic rings. The molecule has 0 amide bonds. The molecule has 0 fully saturated rings. The Balaban J connectivity index is 0.00000144. The van der Waals surface area contributed by atoms with Crippen LogP contribution in [-0.4, -0.2) is 12.1 Å². The highest BCUT2D eigenvalue weighted by molar-refractivity contribution is 5.85. The van der Waals surface area contributed by atoms with E-state index in [0.717, 1.165) is 16.9 Å². The molecule has 0 aliphatic heterocycles. The first-order valence-corrected chi connectivity index (χ1v) is 5.10. The van der Waals surface area contributed by atoms with Gasteiger partial charge in [-0.1, -0.05) is 30.3 Å².